The van der Waals surface area contributed by atoms with Crippen molar-refractivity contribution in [1.82, 2.24) is 4.98 Å². The first kappa shape index (κ1) is 11.7. The Morgan fingerprint density at radius 2 is 2.18 bits per heavy atom. The van der Waals surface area contributed by atoms with Gasteiger partial charge >= 0.3 is 5.97 Å². The highest BCUT2D eigenvalue weighted by Gasteiger charge is 2.12. The Balaban J connectivity index is 2.78. The minimum atomic E-state index is -1.03. The molecule has 1 aromatic carbocycles. The third kappa shape index (κ3) is 2.17. The lowest BCUT2D eigenvalue weighted by Gasteiger charge is -2.06. The summed E-state index contributed by atoms with van der Waals surface area (Å²) >= 11 is 5.82. The zero-order chi connectivity index (χ0) is 12.6. The van der Waals surface area contributed by atoms with Crippen molar-refractivity contribution in [1.29, 1.82) is 0 Å². The molecule has 0 saturated heterocycles. The van der Waals surface area contributed by atoms with Gasteiger partial charge in [0.05, 0.1) is 6.42 Å². The summed E-state index contributed by atoms with van der Waals surface area (Å²) in [7, 11) is 0. The Bertz CT molecular complexity index is 661. The molecule has 17 heavy (non-hydrogen) atoms. The number of carboxylic acids is 1. The quantitative estimate of drug-likeness (QED) is 0.859. The van der Waals surface area contributed by atoms with Crippen LogP contribution >= 0.6 is 11.6 Å². The largest absolute Gasteiger partial charge is 0.481 e. The van der Waals surface area contributed by atoms with Crippen LogP contribution in [0.1, 0.15) is 11.3 Å². The van der Waals surface area contributed by atoms with E-state index in [1.54, 1.807) is 25.1 Å². The van der Waals surface area contributed by atoms with Gasteiger partial charge in [-0.05, 0) is 25.1 Å². The van der Waals surface area contributed by atoms with Gasteiger partial charge in [-0.3, -0.25) is 9.59 Å². The molecular weight excluding hydrogens is 242 g/mol. The predicted molar refractivity (Wildman–Crippen MR) is 65.7 cm³/mol. The molecule has 5 heteroatoms. The second kappa shape index (κ2) is 4.22. The van der Waals surface area contributed by atoms with Crippen LogP contribution in [0.5, 0.6) is 0 Å². The van der Waals surface area contributed by atoms with Crippen LogP contribution in [0.4, 0.5) is 0 Å². The van der Waals surface area contributed by atoms with Crippen LogP contribution in [0.2, 0.25) is 5.02 Å². The fraction of sp³-hybridized carbons (Fsp3) is 0.167. The predicted octanol–water partition coefficient (Wildman–Crippen LogP) is 2.12. The fourth-order valence-corrected chi connectivity index (χ4v) is 1.96. The first-order valence-corrected chi connectivity index (χ1v) is 5.39. The molecule has 0 aliphatic heterocycles. The molecule has 2 N–H and O–H groups in total. The first-order valence-electron chi connectivity index (χ1n) is 5.02. The number of pyridine rings is 1. The van der Waals surface area contributed by atoms with Crippen molar-refractivity contribution in [3.8, 4) is 0 Å². The average molecular weight is 252 g/mol. The van der Waals surface area contributed by atoms with Crippen molar-refractivity contribution >= 4 is 28.5 Å². The minimum Gasteiger partial charge on any atom is -0.481 e. The van der Waals surface area contributed by atoms with Crippen LogP contribution in [0.15, 0.2) is 23.0 Å². The van der Waals surface area contributed by atoms with Gasteiger partial charge in [-0.15, -0.1) is 0 Å². The number of carbonyl (C=O) groups is 1. The van der Waals surface area contributed by atoms with E-state index in [1.165, 1.54) is 0 Å². The van der Waals surface area contributed by atoms with Crippen LogP contribution < -0.4 is 5.43 Å². The molecule has 88 valence electrons. The SMILES string of the molecule is Cc1[nH]c2ccc(Cl)cc2c(=O)c1CC(=O)O. The third-order valence-electron chi connectivity index (χ3n) is 2.60. The number of benzene rings is 1. The van der Waals surface area contributed by atoms with E-state index in [-0.39, 0.29) is 17.4 Å². The number of aliphatic carboxylic acids is 1. The van der Waals surface area contributed by atoms with Gasteiger partial charge in [0.25, 0.3) is 0 Å². The van der Waals surface area contributed by atoms with Gasteiger partial charge in [-0.1, -0.05) is 11.6 Å². The van der Waals surface area contributed by atoms with E-state index >= 15 is 0 Å². The van der Waals surface area contributed by atoms with Gasteiger partial charge in [0.2, 0.25) is 0 Å². The highest BCUT2D eigenvalue weighted by molar-refractivity contribution is 6.31. The summed E-state index contributed by atoms with van der Waals surface area (Å²) in [5, 5.41) is 9.63. The normalized spacial score (nSPS) is 10.7. The number of hydrogen-bond acceptors (Lipinski definition) is 2. The van der Waals surface area contributed by atoms with Crippen LogP contribution in [-0.4, -0.2) is 16.1 Å². The maximum Gasteiger partial charge on any atom is 0.308 e. The number of aromatic amines is 1. The minimum absolute atomic E-state index is 0.271. The smallest absolute Gasteiger partial charge is 0.308 e. The Morgan fingerprint density at radius 1 is 1.47 bits per heavy atom. The van der Waals surface area contributed by atoms with E-state index in [9.17, 15) is 9.59 Å². The van der Waals surface area contributed by atoms with Crippen LogP contribution in [0.3, 0.4) is 0 Å². The van der Waals surface area contributed by atoms with Gasteiger partial charge in [0, 0.05) is 27.2 Å². The van der Waals surface area contributed by atoms with Crippen LogP contribution in [0.25, 0.3) is 10.9 Å². The lowest BCUT2D eigenvalue weighted by Crippen LogP contribution is -2.17. The number of aryl methyl sites for hydroxylation is 1. The molecule has 0 bridgehead atoms. The van der Waals surface area contributed by atoms with Crippen molar-refractivity contribution in [3.63, 3.8) is 0 Å². The average Bonchev–Trinajstić information content (AvgIpc) is 2.25. The van der Waals surface area contributed by atoms with Gasteiger partial charge in [-0.2, -0.15) is 0 Å². The number of aromatic nitrogens is 1. The molecular formula is C12H10ClNO3. The Labute approximate surface area is 102 Å². The van der Waals surface area contributed by atoms with E-state index in [0.717, 1.165) is 0 Å². The monoisotopic (exact) mass is 251 g/mol. The molecule has 2 aromatic rings. The third-order valence-corrected chi connectivity index (χ3v) is 2.84. The Hall–Kier alpha value is -1.81. The topological polar surface area (TPSA) is 70.2 Å². The number of hydrogen-bond donors (Lipinski definition) is 2. The van der Waals surface area contributed by atoms with E-state index in [0.29, 0.717) is 21.6 Å². The highest BCUT2D eigenvalue weighted by Crippen LogP contribution is 2.16. The van der Waals surface area contributed by atoms with Crippen molar-refractivity contribution in [2.75, 3.05) is 0 Å². The molecule has 0 spiro atoms. The molecule has 1 heterocycles. The van der Waals surface area contributed by atoms with Crippen molar-refractivity contribution in [3.05, 3.63) is 44.7 Å². The van der Waals surface area contributed by atoms with Crippen molar-refractivity contribution in [2.24, 2.45) is 0 Å². The molecule has 0 unspecified atom stereocenters. The summed E-state index contributed by atoms with van der Waals surface area (Å²) in [6.45, 7) is 1.69. The van der Waals surface area contributed by atoms with E-state index in [1.807, 2.05) is 0 Å². The second-order valence-electron chi connectivity index (χ2n) is 3.82. The van der Waals surface area contributed by atoms with Crippen molar-refractivity contribution < 1.29 is 9.90 Å². The number of halogens is 1. The molecule has 4 nitrogen and oxygen atoms in total. The molecule has 0 aliphatic carbocycles. The van der Waals surface area contributed by atoms with E-state index < -0.39 is 5.97 Å². The Kier molecular flexibility index (Phi) is 2.90. The summed E-state index contributed by atoms with van der Waals surface area (Å²) in [4.78, 5) is 25.8. The number of fused-ring (bicyclic) bond motifs is 1. The molecule has 0 aliphatic rings. The first-order chi connectivity index (χ1) is 7.99. The molecule has 0 fully saturated rings. The molecule has 1 aromatic heterocycles. The van der Waals surface area contributed by atoms with Crippen LogP contribution in [-0.2, 0) is 11.2 Å². The lowest BCUT2D eigenvalue weighted by atomic mass is 10.1. The zero-order valence-corrected chi connectivity index (χ0v) is 9.84. The second-order valence-corrected chi connectivity index (χ2v) is 4.25. The molecule has 0 atom stereocenters. The van der Waals surface area contributed by atoms with Gasteiger partial charge in [0.1, 0.15) is 0 Å². The maximum absolute atomic E-state index is 12.1. The van der Waals surface area contributed by atoms with Gasteiger partial charge in [-0.25, -0.2) is 0 Å². The summed E-state index contributed by atoms with van der Waals surface area (Å²) in [5.41, 5.74) is 1.23. The van der Waals surface area contributed by atoms with Crippen molar-refractivity contribution in [2.45, 2.75) is 13.3 Å². The molecule has 0 saturated carbocycles. The lowest BCUT2D eigenvalue weighted by molar-refractivity contribution is -0.136. The van der Waals surface area contributed by atoms with Gasteiger partial charge in [0.15, 0.2) is 5.43 Å². The van der Waals surface area contributed by atoms with Gasteiger partial charge < -0.3 is 10.1 Å². The van der Waals surface area contributed by atoms with Crippen LogP contribution in [0, 0.1) is 6.92 Å². The number of nitrogens with one attached hydrogen (secondary N) is 1. The molecule has 0 amide bonds. The highest BCUT2D eigenvalue weighted by atomic mass is 35.5. The Morgan fingerprint density at radius 3 is 2.82 bits per heavy atom. The number of rotatable bonds is 2. The standard InChI is InChI=1S/C12H10ClNO3/c1-6-8(5-11(15)16)12(17)9-4-7(13)2-3-10(9)14-6/h2-4H,5H2,1H3,(H,14,17)(H,15,16). The fourth-order valence-electron chi connectivity index (χ4n) is 1.79. The summed E-state index contributed by atoms with van der Waals surface area (Å²) in [6, 6.07) is 4.92. The molecule has 0 radical (unpaired) electrons. The summed E-state index contributed by atoms with van der Waals surface area (Å²) in [5.74, 6) is -1.03. The van der Waals surface area contributed by atoms with E-state index in [4.69, 9.17) is 16.7 Å². The molecule has 2 rings (SSSR count). The van der Waals surface area contributed by atoms with E-state index in [2.05, 4.69) is 4.98 Å². The summed E-state index contributed by atoms with van der Waals surface area (Å²) < 4.78 is 0. The number of carboxylic acid groups (broad SMARTS) is 1. The zero-order valence-electron chi connectivity index (χ0n) is 9.08. The maximum atomic E-state index is 12.1. The number of H-pyrrole nitrogens is 1. The summed E-state index contributed by atoms with van der Waals surface area (Å²) in [6.07, 6.45) is -0.288.